The summed E-state index contributed by atoms with van der Waals surface area (Å²) >= 11 is 0. The molecule has 3 nitrogen and oxygen atoms in total. The molecular weight excluding hydrogens is 236 g/mol. The number of hydrogen-bond acceptors (Lipinski definition) is 3. The summed E-state index contributed by atoms with van der Waals surface area (Å²) in [6.45, 7) is 4.61. The molecule has 1 aromatic rings. The summed E-state index contributed by atoms with van der Waals surface area (Å²) in [5, 5.41) is 3.56. The third kappa shape index (κ3) is 3.95. The van der Waals surface area contributed by atoms with Gasteiger partial charge in [0.2, 0.25) is 0 Å². The van der Waals surface area contributed by atoms with E-state index in [1.54, 1.807) is 7.11 Å². The van der Waals surface area contributed by atoms with E-state index in [2.05, 4.69) is 36.3 Å². The van der Waals surface area contributed by atoms with Crippen LogP contribution in [-0.2, 0) is 6.42 Å². The molecule has 0 spiro atoms. The van der Waals surface area contributed by atoms with Gasteiger partial charge in [0.05, 0.1) is 7.11 Å². The van der Waals surface area contributed by atoms with Crippen molar-refractivity contribution in [1.29, 1.82) is 0 Å². The van der Waals surface area contributed by atoms with E-state index in [1.165, 1.54) is 24.9 Å². The second kappa shape index (κ2) is 6.92. The molecule has 1 heterocycles. The highest BCUT2D eigenvalue weighted by Crippen LogP contribution is 2.20. The fourth-order valence-electron chi connectivity index (χ4n) is 2.79. The Morgan fingerprint density at radius 3 is 2.89 bits per heavy atom. The fraction of sp³-hybridized carbons (Fsp3) is 0.625. The van der Waals surface area contributed by atoms with Gasteiger partial charge >= 0.3 is 0 Å². The van der Waals surface area contributed by atoms with Crippen molar-refractivity contribution in [2.24, 2.45) is 0 Å². The van der Waals surface area contributed by atoms with E-state index in [4.69, 9.17) is 4.74 Å². The number of rotatable bonds is 6. The first-order chi connectivity index (χ1) is 9.20. The molecule has 0 amide bonds. The number of para-hydroxylation sites is 1. The van der Waals surface area contributed by atoms with Gasteiger partial charge in [-0.2, -0.15) is 0 Å². The van der Waals surface area contributed by atoms with Crippen LogP contribution in [0.15, 0.2) is 24.3 Å². The van der Waals surface area contributed by atoms with Crippen LogP contribution in [0.4, 0.5) is 0 Å². The lowest BCUT2D eigenvalue weighted by Crippen LogP contribution is -2.40. The van der Waals surface area contributed by atoms with Gasteiger partial charge in [-0.05, 0) is 51.4 Å². The van der Waals surface area contributed by atoms with Crippen molar-refractivity contribution in [2.45, 2.75) is 38.3 Å². The van der Waals surface area contributed by atoms with Crippen molar-refractivity contribution >= 4 is 0 Å². The zero-order valence-corrected chi connectivity index (χ0v) is 12.4. The molecule has 2 atom stereocenters. The summed E-state index contributed by atoms with van der Waals surface area (Å²) in [6.07, 6.45) is 3.67. The molecule has 1 N–H and O–H groups in total. The number of nitrogens with one attached hydrogen (secondary N) is 1. The van der Waals surface area contributed by atoms with E-state index in [0.29, 0.717) is 12.1 Å². The van der Waals surface area contributed by atoms with Crippen LogP contribution < -0.4 is 10.1 Å². The van der Waals surface area contributed by atoms with Gasteiger partial charge in [-0.25, -0.2) is 0 Å². The minimum Gasteiger partial charge on any atom is -0.496 e. The summed E-state index contributed by atoms with van der Waals surface area (Å²) in [5.41, 5.74) is 1.30. The normalized spacial score (nSPS) is 20.7. The zero-order valence-electron chi connectivity index (χ0n) is 12.4. The Morgan fingerprint density at radius 1 is 1.42 bits per heavy atom. The van der Waals surface area contributed by atoms with Gasteiger partial charge < -0.3 is 15.0 Å². The molecule has 0 bridgehead atoms. The van der Waals surface area contributed by atoms with Crippen LogP contribution in [-0.4, -0.2) is 44.2 Å². The number of hydrogen-bond donors (Lipinski definition) is 1. The lowest BCUT2D eigenvalue weighted by Gasteiger charge is -2.28. The number of methoxy groups -OCH3 is 1. The fourth-order valence-corrected chi connectivity index (χ4v) is 2.79. The third-order valence-electron chi connectivity index (χ3n) is 4.13. The lowest BCUT2D eigenvalue weighted by atomic mass is 10.0. The van der Waals surface area contributed by atoms with Gasteiger partial charge in [0.15, 0.2) is 0 Å². The topological polar surface area (TPSA) is 24.5 Å². The Hall–Kier alpha value is -1.06. The van der Waals surface area contributed by atoms with E-state index in [-0.39, 0.29) is 0 Å². The molecular formula is C16H26N2O. The van der Waals surface area contributed by atoms with Crippen molar-refractivity contribution < 1.29 is 4.74 Å². The van der Waals surface area contributed by atoms with Crippen LogP contribution in [0, 0.1) is 0 Å². The van der Waals surface area contributed by atoms with Crippen molar-refractivity contribution in [1.82, 2.24) is 10.2 Å². The van der Waals surface area contributed by atoms with Crippen LogP contribution in [0.1, 0.15) is 25.3 Å². The summed E-state index contributed by atoms with van der Waals surface area (Å²) < 4.78 is 5.43. The van der Waals surface area contributed by atoms with Crippen LogP contribution in [0.3, 0.4) is 0 Å². The van der Waals surface area contributed by atoms with E-state index >= 15 is 0 Å². The SMILES string of the molecule is COc1ccccc1CC(C)N(C)C[C@@H]1CCCN1. The Morgan fingerprint density at radius 2 is 2.21 bits per heavy atom. The first-order valence-corrected chi connectivity index (χ1v) is 7.26. The molecule has 2 rings (SSSR count). The van der Waals surface area contributed by atoms with Gasteiger partial charge in [-0.1, -0.05) is 18.2 Å². The summed E-state index contributed by atoms with van der Waals surface area (Å²) in [5.74, 6) is 1.00. The molecule has 3 heteroatoms. The van der Waals surface area contributed by atoms with Crippen LogP contribution in [0.2, 0.25) is 0 Å². The molecule has 0 aromatic heterocycles. The standard InChI is InChI=1S/C16H26N2O/c1-13(18(2)12-15-8-6-10-17-15)11-14-7-4-5-9-16(14)19-3/h4-5,7,9,13,15,17H,6,8,10-12H2,1-3H3/t13?,15-/m0/s1. The average Bonchev–Trinajstić information content (AvgIpc) is 2.92. The molecule has 1 saturated heterocycles. The molecule has 19 heavy (non-hydrogen) atoms. The molecule has 0 saturated carbocycles. The molecule has 1 fully saturated rings. The number of nitrogens with zero attached hydrogens (tertiary/aromatic N) is 1. The maximum Gasteiger partial charge on any atom is 0.122 e. The molecule has 0 radical (unpaired) electrons. The summed E-state index contributed by atoms with van der Waals surface area (Å²) in [6, 6.07) is 9.52. The maximum absolute atomic E-state index is 5.43. The molecule has 1 unspecified atom stereocenters. The van der Waals surface area contributed by atoms with Crippen molar-refractivity contribution in [3.8, 4) is 5.75 Å². The maximum atomic E-state index is 5.43. The number of likely N-dealkylation sites (N-methyl/N-ethyl adjacent to an activating group) is 1. The quantitative estimate of drug-likeness (QED) is 0.851. The minimum atomic E-state index is 0.527. The lowest BCUT2D eigenvalue weighted by molar-refractivity contribution is 0.233. The molecule has 0 aliphatic carbocycles. The Kier molecular flexibility index (Phi) is 5.23. The zero-order chi connectivity index (χ0) is 13.7. The molecule has 1 aliphatic rings. The monoisotopic (exact) mass is 262 g/mol. The second-order valence-corrected chi connectivity index (χ2v) is 5.60. The number of benzene rings is 1. The van der Waals surface area contributed by atoms with E-state index < -0.39 is 0 Å². The molecule has 1 aliphatic heterocycles. The largest absolute Gasteiger partial charge is 0.496 e. The average molecular weight is 262 g/mol. The van der Waals surface area contributed by atoms with E-state index in [9.17, 15) is 0 Å². The van der Waals surface area contributed by atoms with E-state index in [1.807, 2.05) is 12.1 Å². The third-order valence-corrected chi connectivity index (χ3v) is 4.13. The van der Waals surface area contributed by atoms with Gasteiger partial charge in [0, 0.05) is 18.6 Å². The van der Waals surface area contributed by atoms with Gasteiger partial charge in [-0.3, -0.25) is 0 Å². The number of ether oxygens (including phenoxy) is 1. The Labute approximate surface area is 116 Å². The van der Waals surface area contributed by atoms with Crippen LogP contribution >= 0.6 is 0 Å². The minimum absolute atomic E-state index is 0.527. The second-order valence-electron chi connectivity index (χ2n) is 5.60. The molecule has 106 valence electrons. The summed E-state index contributed by atoms with van der Waals surface area (Å²) in [4.78, 5) is 2.45. The van der Waals surface area contributed by atoms with Crippen LogP contribution in [0.5, 0.6) is 5.75 Å². The smallest absolute Gasteiger partial charge is 0.122 e. The van der Waals surface area contributed by atoms with E-state index in [0.717, 1.165) is 18.7 Å². The highest BCUT2D eigenvalue weighted by atomic mass is 16.5. The highest BCUT2D eigenvalue weighted by molar-refractivity contribution is 5.33. The van der Waals surface area contributed by atoms with Gasteiger partial charge in [0.25, 0.3) is 0 Å². The van der Waals surface area contributed by atoms with Crippen molar-refractivity contribution in [3.05, 3.63) is 29.8 Å². The molecule has 1 aromatic carbocycles. The summed E-state index contributed by atoms with van der Waals surface area (Å²) in [7, 11) is 3.97. The predicted molar refractivity (Wildman–Crippen MR) is 79.8 cm³/mol. The Balaban J connectivity index is 1.90. The first kappa shape index (κ1) is 14.4. The van der Waals surface area contributed by atoms with Crippen molar-refractivity contribution in [2.75, 3.05) is 27.2 Å². The Bertz CT molecular complexity index is 388. The van der Waals surface area contributed by atoms with Crippen molar-refractivity contribution in [3.63, 3.8) is 0 Å². The first-order valence-electron chi connectivity index (χ1n) is 7.26. The highest BCUT2D eigenvalue weighted by Gasteiger charge is 2.19. The van der Waals surface area contributed by atoms with Gasteiger partial charge in [0.1, 0.15) is 5.75 Å². The van der Waals surface area contributed by atoms with Crippen LogP contribution in [0.25, 0.3) is 0 Å². The predicted octanol–water partition coefficient (Wildman–Crippen LogP) is 2.31. The van der Waals surface area contributed by atoms with Gasteiger partial charge in [-0.15, -0.1) is 0 Å².